The van der Waals surface area contributed by atoms with E-state index in [2.05, 4.69) is 16.8 Å². The molecule has 0 aromatic rings. The Morgan fingerprint density at radius 1 is 1.32 bits per heavy atom. The first kappa shape index (κ1) is 18.6. The Hall–Kier alpha value is -1.46. The highest BCUT2D eigenvalue weighted by Gasteiger charge is 2.20. The van der Waals surface area contributed by atoms with Gasteiger partial charge in [0.25, 0.3) is 0 Å². The first-order valence-electron chi connectivity index (χ1n) is 8.18. The fourth-order valence-electron chi connectivity index (χ4n) is 2.41. The number of aliphatic imine (C=N–C) groups is 1. The van der Waals surface area contributed by atoms with Gasteiger partial charge in [-0.1, -0.05) is 6.92 Å². The third kappa shape index (κ3) is 7.00. The average molecular weight is 312 g/mol. The van der Waals surface area contributed by atoms with E-state index in [0.29, 0.717) is 19.0 Å². The molecule has 1 atom stereocenters. The van der Waals surface area contributed by atoms with Crippen LogP contribution in [0.2, 0.25) is 0 Å². The molecule has 0 spiro atoms. The van der Waals surface area contributed by atoms with E-state index in [1.807, 2.05) is 20.8 Å². The van der Waals surface area contributed by atoms with Crippen LogP contribution >= 0.6 is 0 Å². The molecular weight excluding hydrogens is 280 g/mol. The summed E-state index contributed by atoms with van der Waals surface area (Å²) in [5.74, 6) is 0.868. The highest BCUT2D eigenvalue weighted by Crippen LogP contribution is 2.11. The van der Waals surface area contributed by atoms with Crippen molar-refractivity contribution in [3.05, 3.63) is 0 Å². The standard InChI is InChI=1S/C16H32N4O2/c1-13(12-19(5)15(21)22-16(2,3)4)11-18-14(17)20-9-7-6-8-10-20/h13H,6-12H2,1-5H3,(H2,17,18). The van der Waals surface area contributed by atoms with Gasteiger partial charge in [0.2, 0.25) is 0 Å². The maximum absolute atomic E-state index is 11.9. The molecule has 0 saturated carbocycles. The largest absolute Gasteiger partial charge is 0.444 e. The van der Waals surface area contributed by atoms with E-state index < -0.39 is 5.60 Å². The summed E-state index contributed by atoms with van der Waals surface area (Å²) in [6.07, 6.45) is 3.36. The minimum Gasteiger partial charge on any atom is -0.444 e. The van der Waals surface area contributed by atoms with Gasteiger partial charge in [0.1, 0.15) is 5.60 Å². The van der Waals surface area contributed by atoms with E-state index in [0.717, 1.165) is 13.1 Å². The molecule has 1 saturated heterocycles. The fourth-order valence-corrected chi connectivity index (χ4v) is 2.41. The maximum Gasteiger partial charge on any atom is 0.410 e. The summed E-state index contributed by atoms with van der Waals surface area (Å²) in [6.45, 7) is 10.9. The number of hydrogen-bond donors (Lipinski definition) is 1. The number of amides is 1. The average Bonchev–Trinajstić information content (AvgIpc) is 2.43. The van der Waals surface area contributed by atoms with Gasteiger partial charge in [-0.05, 0) is 46.0 Å². The molecule has 1 aliphatic rings. The van der Waals surface area contributed by atoms with Gasteiger partial charge < -0.3 is 20.3 Å². The highest BCUT2D eigenvalue weighted by molar-refractivity contribution is 5.78. The summed E-state index contributed by atoms with van der Waals surface area (Å²) >= 11 is 0. The van der Waals surface area contributed by atoms with Crippen molar-refractivity contribution in [1.82, 2.24) is 9.80 Å². The van der Waals surface area contributed by atoms with Crippen LogP contribution in [0.25, 0.3) is 0 Å². The van der Waals surface area contributed by atoms with Crippen LogP contribution < -0.4 is 5.73 Å². The third-order valence-electron chi connectivity index (χ3n) is 3.54. The maximum atomic E-state index is 11.9. The van der Waals surface area contributed by atoms with Crippen LogP contribution in [0.4, 0.5) is 4.79 Å². The van der Waals surface area contributed by atoms with Crippen LogP contribution in [0.5, 0.6) is 0 Å². The van der Waals surface area contributed by atoms with Crippen LogP contribution in [0.15, 0.2) is 4.99 Å². The first-order valence-corrected chi connectivity index (χ1v) is 8.18. The van der Waals surface area contributed by atoms with Gasteiger partial charge in [0.05, 0.1) is 0 Å². The van der Waals surface area contributed by atoms with Crippen molar-refractivity contribution in [3.63, 3.8) is 0 Å². The second-order valence-electron chi connectivity index (χ2n) is 7.21. The number of ether oxygens (including phenoxy) is 1. The van der Waals surface area contributed by atoms with Gasteiger partial charge >= 0.3 is 6.09 Å². The smallest absolute Gasteiger partial charge is 0.410 e. The zero-order chi connectivity index (χ0) is 16.8. The van der Waals surface area contributed by atoms with Crippen molar-refractivity contribution in [2.75, 3.05) is 33.2 Å². The van der Waals surface area contributed by atoms with Crippen molar-refractivity contribution in [2.24, 2.45) is 16.6 Å². The van der Waals surface area contributed by atoms with Crippen LogP contribution in [0.1, 0.15) is 47.0 Å². The van der Waals surface area contributed by atoms with Gasteiger partial charge in [-0.15, -0.1) is 0 Å². The Labute approximate surface area is 134 Å². The predicted octanol–water partition coefficient (Wildman–Crippen LogP) is 2.29. The molecule has 6 nitrogen and oxygen atoms in total. The minimum atomic E-state index is -0.467. The van der Waals surface area contributed by atoms with Crippen LogP contribution in [-0.4, -0.2) is 60.7 Å². The number of nitrogens with two attached hydrogens (primary N) is 1. The SMILES string of the molecule is CC(CN=C(N)N1CCCCC1)CN(C)C(=O)OC(C)(C)C. The number of carbonyl (C=O) groups is 1. The topological polar surface area (TPSA) is 71.2 Å². The molecule has 0 radical (unpaired) electrons. The number of likely N-dealkylation sites (tertiary alicyclic amines) is 1. The molecule has 0 aromatic carbocycles. The summed E-state index contributed by atoms with van der Waals surface area (Å²) < 4.78 is 5.34. The van der Waals surface area contributed by atoms with E-state index in [9.17, 15) is 4.79 Å². The molecular formula is C16H32N4O2. The lowest BCUT2D eigenvalue weighted by molar-refractivity contribution is 0.0279. The van der Waals surface area contributed by atoms with Crippen molar-refractivity contribution < 1.29 is 9.53 Å². The minimum absolute atomic E-state index is 0.237. The second kappa shape index (κ2) is 8.25. The summed E-state index contributed by atoms with van der Waals surface area (Å²) in [4.78, 5) is 20.1. The van der Waals surface area contributed by atoms with Gasteiger partial charge in [-0.25, -0.2) is 4.79 Å². The molecule has 1 rings (SSSR count). The molecule has 6 heteroatoms. The van der Waals surface area contributed by atoms with Crippen molar-refractivity contribution in [1.29, 1.82) is 0 Å². The molecule has 1 aliphatic heterocycles. The lowest BCUT2D eigenvalue weighted by Gasteiger charge is -2.28. The Morgan fingerprint density at radius 2 is 1.91 bits per heavy atom. The lowest BCUT2D eigenvalue weighted by Crippen LogP contribution is -2.41. The molecule has 1 amide bonds. The zero-order valence-corrected chi connectivity index (χ0v) is 14.8. The molecule has 1 fully saturated rings. The van der Waals surface area contributed by atoms with Crippen molar-refractivity contribution in [2.45, 2.75) is 52.6 Å². The molecule has 0 aromatic heterocycles. The Bertz CT molecular complexity index is 384. The molecule has 0 aliphatic carbocycles. The molecule has 128 valence electrons. The molecule has 2 N–H and O–H groups in total. The van der Waals surface area contributed by atoms with E-state index in [1.165, 1.54) is 19.3 Å². The summed E-state index contributed by atoms with van der Waals surface area (Å²) in [6, 6.07) is 0. The predicted molar refractivity (Wildman–Crippen MR) is 89.9 cm³/mol. The van der Waals surface area contributed by atoms with Crippen LogP contribution in [-0.2, 0) is 4.74 Å². The second-order valence-corrected chi connectivity index (χ2v) is 7.21. The van der Waals surface area contributed by atoms with E-state index in [4.69, 9.17) is 10.5 Å². The number of nitrogens with zero attached hydrogens (tertiary/aromatic N) is 3. The molecule has 1 unspecified atom stereocenters. The lowest BCUT2D eigenvalue weighted by atomic mass is 10.1. The van der Waals surface area contributed by atoms with Gasteiger partial charge in [0.15, 0.2) is 5.96 Å². The van der Waals surface area contributed by atoms with Gasteiger partial charge in [-0.3, -0.25) is 4.99 Å². The summed E-state index contributed by atoms with van der Waals surface area (Å²) in [5, 5.41) is 0. The Morgan fingerprint density at radius 3 is 2.45 bits per heavy atom. The Kier molecular flexibility index (Phi) is 6.97. The monoisotopic (exact) mass is 312 g/mol. The van der Waals surface area contributed by atoms with Crippen LogP contribution in [0.3, 0.4) is 0 Å². The molecule has 22 heavy (non-hydrogen) atoms. The molecule has 1 heterocycles. The van der Waals surface area contributed by atoms with Crippen LogP contribution in [0, 0.1) is 5.92 Å². The van der Waals surface area contributed by atoms with Crippen molar-refractivity contribution >= 4 is 12.1 Å². The van der Waals surface area contributed by atoms with E-state index >= 15 is 0 Å². The van der Waals surface area contributed by atoms with Gasteiger partial charge in [-0.2, -0.15) is 0 Å². The normalized spacial score (nSPS) is 18.0. The molecule has 0 bridgehead atoms. The highest BCUT2D eigenvalue weighted by atomic mass is 16.6. The number of guanidine groups is 1. The number of carbonyl (C=O) groups excluding carboxylic acids is 1. The van der Waals surface area contributed by atoms with E-state index in [-0.39, 0.29) is 12.0 Å². The summed E-state index contributed by atoms with van der Waals surface area (Å²) in [5.41, 5.74) is 5.57. The van der Waals surface area contributed by atoms with E-state index in [1.54, 1.807) is 11.9 Å². The Balaban J connectivity index is 2.38. The van der Waals surface area contributed by atoms with Crippen molar-refractivity contribution in [3.8, 4) is 0 Å². The third-order valence-corrected chi connectivity index (χ3v) is 3.54. The number of piperidine rings is 1. The quantitative estimate of drug-likeness (QED) is 0.638. The first-order chi connectivity index (χ1) is 10.2. The fraction of sp³-hybridized carbons (Fsp3) is 0.875. The van der Waals surface area contributed by atoms with Gasteiger partial charge in [0, 0.05) is 33.2 Å². The number of hydrogen-bond acceptors (Lipinski definition) is 3. The zero-order valence-electron chi connectivity index (χ0n) is 14.8. The summed E-state index contributed by atoms with van der Waals surface area (Å²) in [7, 11) is 1.75. The number of rotatable bonds is 4.